The Labute approximate surface area is 175 Å². The summed E-state index contributed by atoms with van der Waals surface area (Å²) >= 11 is 0. The quantitative estimate of drug-likeness (QED) is 0.592. The van der Waals surface area contributed by atoms with Crippen LogP contribution in [0.4, 0.5) is 15.8 Å². The molecule has 0 spiro atoms. The van der Waals surface area contributed by atoms with Crippen LogP contribution in [0.2, 0.25) is 0 Å². The van der Waals surface area contributed by atoms with Crippen LogP contribution in [-0.4, -0.2) is 17.9 Å². The number of carbonyl (C=O) groups is 2. The molecule has 0 bridgehead atoms. The van der Waals surface area contributed by atoms with Crippen molar-refractivity contribution in [1.29, 1.82) is 0 Å². The molecular weight excluding hydrogens is 379 g/mol. The molecule has 4 rings (SSSR count). The molecule has 1 aliphatic heterocycles. The van der Waals surface area contributed by atoms with Gasteiger partial charge in [-0.3, -0.25) is 14.5 Å². The Balaban J connectivity index is 1.89. The van der Waals surface area contributed by atoms with Gasteiger partial charge >= 0.3 is 0 Å². The number of carbonyl (C=O) groups excluding carboxylic acids is 2. The first kappa shape index (κ1) is 19.8. The smallest absolute Gasteiger partial charge is 0.258 e. The zero-order valence-corrected chi connectivity index (χ0v) is 17.0. The largest absolute Gasteiger partial charge is 0.309 e. The van der Waals surface area contributed by atoms with Gasteiger partial charge in [-0.05, 0) is 49.2 Å². The number of nitrogens with zero attached hydrogens (tertiary/aromatic N) is 2. The number of rotatable bonds is 3. The average Bonchev–Trinajstić information content (AvgIpc) is 2.75. The Morgan fingerprint density at radius 2 is 1.57 bits per heavy atom. The van der Waals surface area contributed by atoms with E-state index in [2.05, 4.69) is 0 Å². The highest BCUT2D eigenvalue weighted by Crippen LogP contribution is 2.43. The summed E-state index contributed by atoms with van der Waals surface area (Å²) in [7, 11) is 0. The number of amides is 2. The number of benzene rings is 3. The minimum absolute atomic E-state index is 0.0553. The standard InChI is InChI=1S/C25H23FN2O2/c1-17-16-24(20-12-6-8-14-22(20)27(17)18(2)29)28(23-15-9-7-13-21(23)26)25(30)19-10-4-3-5-11-19/h3-15,17,24H,16H2,1-2H3/t17-,24-/m1/s1. The van der Waals surface area contributed by atoms with Crippen LogP contribution in [0.25, 0.3) is 0 Å². The van der Waals surface area contributed by atoms with Crippen molar-refractivity contribution >= 4 is 23.2 Å². The van der Waals surface area contributed by atoms with Crippen molar-refractivity contribution in [2.75, 3.05) is 9.80 Å². The van der Waals surface area contributed by atoms with Crippen LogP contribution in [0.5, 0.6) is 0 Å². The van der Waals surface area contributed by atoms with E-state index in [1.54, 1.807) is 47.4 Å². The minimum Gasteiger partial charge on any atom is -0.309 e. The van der Waals surface area contributed by atoms with Crippen LogP contribution in [0, 0.1) is 5.82 Å². The highest BCUT2D eigenvalue weighted by atomic mass is 19.1. The van der Waals surface area contributed by atoms with Gasteiger partial charge in [0.2, 0.25) is 5.91 Å². The maximum absolute atomic E-state index is 14.9. The molecule has 3 aromatic carbocycles. The third kappa shape index (κ3) is 3.47. The van der Waals surface area contributed by atoms with E-state index in [0.717, 1.165) is 11.3 Å². The molecule has 2 atom stereocenters. The van der Waals surface area contributed by atoms with Gasteiger partial charge in [-0.1, -0.05) is 48.5 Å². The lowest BCUT2D eigenvalue weighted by Gasteiger charge is -2.43. The molecule has 1 aliphatic rings. The second kappa shape index (κ2) is 8.11. The number of hydrogen-bond donors (Lipinski definition) is 0. The van der Waals surface area contributed by atoms with Crippen LogP contribution in [0.1, 0.15) is 42.2 Å². The fraction of sp³-hybridized carbons (Fsp3) is 0.200. The fourth-order valence-corrected chi connectivity index (χ4v) is 4.29. The van der Waals surface area contributed by atoms with E-state index < -0.39 is 11.9 Å². The van der Waals surface area contributed by atoms with Gasteiger partial charge in [0.1, 0.15) is 5.82 Å². The van der Waals surface area contributed by atoms with Crippen LogP contribution in [-0.2, 0) is 4.79 Å². The number of fused-ring (bicyclic) bond motifs is 1. The minimum atomic E-state index is -0.457. The summed E-state index contributed by atoms with van der Waals surface area (Å²) in [6.45, 7) is 3.49. The van der Waals surface area contributed by atoms with Crippen molar-refractivity contribution in [2.24, 2.45) is 0 Å². The van der Waals surface area contributed by atoms with Crippen LogP contribution in [0.3, 0.4) is 0 Å². The van der Waals surface area contributed by atoms with Crippen molar-refractivity contribution in [1.82, 2.24) is 0 Å². The molecule has 0 N–H and O–H groups in total. The number of para-hydroxylation sites is 2. The summed E-state index contributed by atoms with van der Waals surface area (Å²) in [6.07, 6.45) is 0.503. The third-order valence-corrected chi connectivity index (χ3v) is 5.56. The van der Waals surface area contributed by atoms with Gasteiger partial charge in [0, 0.05) is 24.2 Å². The van der Waals surface area contributed by atoms with Crippen molar-refractivity contribution in [3.05, 3.63) is 95.8 Å². The average molecular weight is 402 g/mol. The van der Waals surface area contributed by atoms with E-state index >= 15 is 0 Å². The van der Waals surface area contributed by atoms with E-state index in [1.165, 1.54) is 17.9 Å². The molecule has 0 unspecified atom stereocenters. The summed E-state index contributed by atoms with van der Waals surface area (Å²) in [6, 6.07) is 22.2. The summed E-state index contributed by atoms with van der Waals surface area (Å²) in [5, 5.41) is 0. The predicted octanol–water partition coefficient (Wildman–Crippen LogP) is 5.36. The molecule has 2 amide bonds. The fourth-order valence-electron chi connectivity index (χ4n) is 4.29. The Bertz CT molecular complexity index is 1080. The van der Waals surface area contributed by atoms with Crippen LogP contribution >= 0.6 is 0 Å². The molecule has 0 radical (unpaired) electrons. The van der Waals surface area contributed by atoms with Crippen molar-refractivity contribution in [3.8, 4) is 0 Å². The monoisotopic (exact) mass is 402 g/mol. The molecule has 0 aliphatic carbocycles. The highest BCUT2D eigenvalue weighted by molar-refractivity contribution is 6.07. The first-order chi connectivity index (χ1) is 14.5. The second-order valence-corrected chi connectivity index (χ2v) is 7.54. The van der Waals surface area contributed by atoms with Gasteiger partial charge in [-0.15, -0.1) is 0 Å². The van der Waals surface area contributed by atoms with Gasteiger partial charge in [-0.25, -0.2) is 4.39 Å². The van der Waals surface area contributed by atoms with E-state index in [1.807, 2.05) is 37.3 Å². The molecule has 4 nitrogen and oxygen atoms in total. The third-order valence-electron chi connectivity index (χ3n) is 5.56. The van der Waals surface area contributed by atoms with Gasteiger partial charge in [0.15, 0.2) is 0 Å². The summed E-state index contributed by atoms with van der Waals surface area (Å²) in [5.74, 6) is -0.787. The molecule has 30 heavy (non-hydrogen) atoms. The first-order valence-electron chi connectivity index (χ1n) is 10.0. The Kier molecular flexibility index (Phi) is 5.36. The molecule has 0 saturated heterocycles. The van der Waals surface area contributed by atoms with E-state index in [9.17, 15) is 14.0 Å². The number of anilines is 2. The summed E-state index contributed by atoms with van der Waals surface area (Å²) in [4.78, 5) is 29.2. The first-order valence-corrected chi connectivity index (χ1v) is 10.0. The normalized spacial score (nSPS) is 17.9. The zero-order valence-electron chi connectivity index (χ0n) is 17.0. The molecule has 152 valence electrons. The second-order valence-electron chi connectivity index (χ2n) is 7.54. The zero-order chi connectivity index (χ0) is 21.3. The van der Waals surface area contributed by atoms with Gasteiger partial charge in [0.25, 0.3) is 5.91 Å². The van der Waals surface area contributed by atoms with E-state index in [0.29, 0.717) is 12.0 Å². The SMILES string of the molecule is CC(=O)N1c2ccccc2[C@H](N(C(=O)c2ccccc2)c2ccccc2F)C[C@H]1C. The molecule has 3 aromatic rings. The van der Waals surface area contributed by atoms with Crippen molar-refractivity contribution in [2.45, 2.75) is 32.4 Å². The Morgan fingerprint density at radius 3 is 2.27 bits per heavy atom. The van der Waals surface area contributed by atoms with E-state index in [-0.39, 0.29) is 23.5 Å². The lowest BCUT2D eigenvalue weighted by atomic mass is 9.89. The Morgan fingerprint density at radius 1 is 0.933 bits per heavy atom. The molecule has 0 fully saturated rings. The summed E-state index contributed by atoms with van der Waals surface area (Å²) < 4.78 is 14.9. The molecule has 0 aromatic heterocycles. The molecule has 1 heterocycles. The van der Waals surface area contributed by atoms with Crippen molar-refractivity contribution < 1.29 is 14.0 Å². The summed E-state index contributed by atoms with van der Waals surface area (Å²) in [5.41, 5.74) is 2.31. The molecular formula is C25H23FN2O2. The molecule has 0 saturated carbocycles. The highest BCUT2D eigenvalue weighted by Gasteiger charge is 2.38. The predicted molar refractivity (Wildman–Crippen MR) is 116 cm³/mol. The van der Waals surface area contributed by atoms with Gasteiger partial charge in [0.05, 0.1) is 11.7 Å². The van der Waals surface area contributed by atoms with E-state index in [4.69, 9.17) is 0 Å². The Hall–Kier alpha value is -3.47. The van der Waals surface area contributed by atoms with Crippen molar-refractivity contribution in [3.63, 3.8) is 0 Å². The van der Waals surface area contributed by atoms with Crippen LogP contribution in [0.15, 0.2) is 78.9 Å². The lowest BCUT2D eigenvalue weighted by Crippen LogP contribution is -2.47. The van der Waals surface area contributed by atoms with Crippen LogP contribution < -0.4 is 9.80 Å². The maximum Gasteiger partial charge on any atom is 0.258 e. The topological polar surface area (TPSA) is 40.6 Å². The molecule has 5 heteroatoms. The maximum atomic E-state index is 14.9. The lowest BCUT2D eigenvalue weighted by molar-refractivity contribution is -0.117. The van der Waals surface area contributed by atoms with Gasteiger partial charge in [-0.2, -0.15) is 0 Å². The number of hydrogen-bond acceptors (Lipinski definition) is 2. The van der Waals surface area contributed by atoms with Gasteiger partial charge < -0.3 is 4.90 Å². The number of halogens is 1.